The fourth-order valence-electron chi connectivity index (χ4n) is 3.74. The van der Waals surface area contributed by atoms with Crippen molar-refractivity contribution < 1.29 is 4.74 Å². The normalized spacial score (nSPS) is 14.0. The van der Waals surface area contributed by atoms with E-state index in [-0.39, 0.29) is 5.56 Å². The van der Waals surface area contributed by atoms with E-state index in [0.717, 1.165) is 47.6 Å². The third-order valence-electron chi connectivity index (χ3n) is 5.33. The highest BCUT2D eigenvalue weighted by atomic mass is 16.5. The van der Waals surface area contributed by atoms with Crippen LogP contribution in [0.4, 0.5) is 0 Å². The molecule has 0 spiro atoms. The number of pyridine rings is 1. The molecule has 0 saturated heterocycles. The minimum Gasteiger partial charge on any atom is -0.496 e. The van der Waals surface area contributed by atoms with E-state index < -0.39 is 0 Å². The molecule has 2 aromatic heterocycles. The van der Waals surface area contributed by atoms with E-state index in [0.29, 0.717) is 12.4 Å². The van der Waals surface area contributed by atoms with Crippen LogP contribution in [0.5, 0.6) is 5.75 Å². The van der Waals surface area contributed by atoms with Crippen LogP contribution in [0.2, 0.25) is 0 Å². The van der Waals surface area contributed by atoms with Crippen molar-refractivity contribution in [2.24, 2.45) is 0 Å². The number of rotatable bonds is 4. The van der Waals surface area contributed by atoms with Gasteiger partial charge in [-0.3, -0.25) is 14.7 Å². The fourth-order valence-corrected chi connectivity index (χ4v) is 3.74. The van der Waals surface area contributed by atoms with Crippen LogP contribution in [-0.4, -0.2) is 33.5 Å². The number of methoxy groups -OCH3 is 1. The first-order valence-corrected chi connectivity index (χ1v) is 9.44. The number of nitrogens with one attached hydrogen (secondary N) is 1. The Morgan fingerprint density at radius 3 is 2.86 bits per heavy atom. The second-order valence-corrected chi connectivity index (χ2v) is 7.29. The van der Waals surface area contributed by atoms with Gasteiger partial charge >= 0.3 is 0 Å². The lowest BCUT2D eigenvalue weighted by Crippen LogP contribution is -2.35. The maximum atomic E-state index is 12.7. The van der Waals surface area contributed by atoms with Gasteiger partial charge < -0.3 is 9.72 Å². The summed E-state index contributed by atoms with van der Waals surface area (Å²) in [6.45, 7) is 6.45. The molecule has 1 aliphatic rings. The standard InChI is InChI=1S/C22H24N4O2/c1-14-10-20(28-3)15(2)9-17(14)12-26-8-6-19-18(13-26)22(27)25-21(24-19)16-5-4-7-23-11-16/h4-5,7,9-11H,6,8,12-13H2,1-3H3,(H,24,25,27). The lowest BCUT2D eigenvalue weighted by atomic mass is 10.0. The molecule has 4 rings (SSSR count). The minimum absolute atomic E-state index is 0.0591. The summed E-state index contributed by atoms with van der Waals surface area (Å²) < 4.78 is 5.41. The van der Waals surface area contributed by atoms with Crippen LogP contribution in [0.3, 0.4) is 0 Å². The fraction of sp³-hybridized carbons (Fsp3) is 0.318. The molecule has 6 nitrogen and oxygen atoms in total. The Morgan fingerprint density at radius 2 is 2.11 bits per heavy atom. The van der Waals surface area contributed by atoms with Crippen LogP contribution < -0.4 is 10.3 Å². The molecule has 144 valence electrons. The third-order valence-corrected chi connectivity index (χ3v) is 5.33. The molecule has 0 amide bonds. The molecular formula is C22H24N4O2. The van der Waals surface area contributed by atoms with Crippen molar-refractivity contribution in [3.8, 4) is 17.1 Å². The van der Waals surface area contributed by atoms with E-state index >= 15 is 0 Å². The number of nitrogens with zero attached hydrogens (tertiary/aromatic N) is 3. The predicted octanol–water partition coefficient (Wildman–Crippen LogP) is 3.02. The number of ether oxygens (including phenoxy) is 1. The number of benzene rings is 1. The Labute approximate surface area is 164 Å². The molecule has 28 heavy (non-hydrogen) atoms. The molecule has 1 aliphatic heterocycles. The highest BCUT2D eigenvalue weighted by Gasteiger charge is 2.22. The SMILES string of the molecule is COc1cc(C)c(CN2CCc3nc(-c4cccnc4)[nH]c(=O)c3C2)cc1C. The van der Waals surface area contributed by atoms with Gasteiger partial charge in [-0.1, -0.05) is 6.07 Å². The molecule has 0 atom stereocenters. The topological polar surface area (TPSA) is 71.1 Å². The highest BCUT2D eigenvalue weighted by molar-refractivity contribution is 5.53. The van der Waals surface area contributed by atoms with Crippen LogP contribution in [0.15, 0.2) is 41.5 Å². The molecule has 0 radical (unpaired) electrons. The molecule has 6 heteroatoms. The number of aryl methyl sites for hydroxylation is 2. The lowest BCUT2D eigenvalue weighted by Gasteiger charge is -2.28. The van der Waals surface area contributed by atoms with Crippen LogP contribution >= 0.6 is 0 Å². The third kappa shape index (κ3) is 3.55. The molecular weight excluding hydrogens is 352 g/mol. The summed E-state index contributed by atoms with van der Waals surface area (Å²) >= 11 is 0. The van der Waals surface area contributed by atoms with Crippen LogP contribution in [0.25, 0.3) is 11.4 Å². The van der Waals surface area contributed by atoms with Gasteiger partial charge in [0.25, 0.3) is 5.56 Å². The summed E-state index contributed by atoms with van der Waals surface area (Å²) in [5, 5.41) is 0. The Morgan fingerprint density at radius 1 is 1.25 bits per heavy atom. The first-order valence-electron chi connectivity index (χ1n) is 9.44. The van der Waals surface area contributed by atoms with Crippen LogP contribution in [0, 0.1) is 13.8 Å². The molecule has 0 fully saturated rings. The predicted molar refractivity (Wildman–Crippen MR) is 108 cm³/mol. The summed E-state index contributed by atoms with van der Waals surface area (Å²) in [5.74, 6) is 1.50. The van der Waals surface area contributed by atoms with Crippen molar-refractivity contribution in [2.75, 3.05) is 13.7 Å². The number of hydrogen-bond donors (Lipinski definition) is 1. The summed E-state index contributed by atoms with van der Waals surface area (Å²) in [6.07, 6.45) is 4.19. The average molecular weight is 376 g/mol. The van der Waals surface area contributed by atoms with Gasteiger partial charge in [-0.05, 0) is 48.7 Å². The number of aromatic amines is 1. The van der Waals surface area contributed by atoms with Gasteiger partial charge in [0.15, 0.2) is 0 Å². The lowest BCUT2D eigenvalue weighted by molar-refractivity contribution is 0.241. The number of hydrogen-bond acceptors (Lipinski definition) is 5. The molecule has 3 heterocycles. The van der Waals surface area contributed by atoms with E-state index in [1.54, 1.807) is 19.5 Å². The summed E-state index contributed by atoms with van der Waals surface area (Å²) in [6, 6.07) is 8.01. The van der Waals surface area contributed by atoms with Crippen molar-refractivity contribution >= 4 is 0 Å². The maximum absolute atomic E-state index is 12.7. The Kier molecular flexibility index (Phi) is 4.96. The Hall–Kier alpha value is -2.99. The Balaban J connectivity index is 1.57. The van der Waals surface area contributed by atoms with Crippen molar-refractivity contribution in [3.63, 3.8) is 0 Å². The first-order chi connectivity index (χ1) is 13.5. The monoisotopic (exact) mass is 376 g/mol. The second-order valence-electron chi connectivity index (χ2n) is 7.29. The molecule has 1 N–H and O–H groups in total. The second kappa shape index (κ2) is 7.56. The summed E-state index contributed by atoms with van der Waals surface area (Å²) in [4.78, 5) is 26.7. The average Bonchev–Trinajstić information content (AvgIpc) is 2.71. The zero-order valence-electron chi connectivity index (χ0n) is 16.5. The smallest absolute Gasteiger partial charge is 0.255 e. The van der Waals surface area contributed by atoms with Gasteiger partial charge in [0.2, 0.25) is 0 Å². The largest absolute Gasteiger partial charge is 0.496 e. The van der Waals surface area contributed by atoms with Gasteiger partial charge in [0.05, 0.1) is 18.4 Å². The highest BCUT2D eigenvalue weighted by Crippen LogP contribution is 2.25. The van der Waals surface area contributed by atoms with Gasteiger partial charge in [-0.25, -0.2) is 4.98 Å². The van der Waals surface area contributed by atoms with Crippen molar-refractivity contribution in [2.45, 2.75) is 33.4 Å². The van der Waals surface area contributed by atoms with Gasteiger partial charge in [-0.15, -0.1) is 0 Å². The summed E-state index contributed by atoms with van der Waals surface area (Å²) in [7, 11) is 1.70. The van der Waals surface area contributed by atoms with Gasteiger partial charge in [0.1, 0.15) is 11.6 Å². The number of aromatic nitrogens is 3. The molecule has 0 unspecified atom stereocenters. The van der Waals surface area contributed by atoms with Crippen molar-refractivity contribution in [3.05, 3.63) is 75.0 Å². The molecule has 0 bridgehead atoms. The van der Waals surface area contributed by atoms with E-state index in [1.807, 2.05) is 12.1 Å². The van der Waals surface area contributed by atoms with E-state index in [1.165, 1.54) is 11.1 Å². The number of fused-ring (bicyclic) bond motifs is 1. The quantitative estimate of drug-likeness (QED) is 0.758. The van der Waals surface area contributed by atoms with Crippen molar-refractivity contribution in [1.29, 1.82) is 0 Å². The van der Waals surface area contributed by atoms with Gasteiger partial charge in [-0.2, -0.15) is 0 Å². The Bertz CT molecular complexity index is 1060. The van der Waals surface area contributed by atoms with Crippen LogP contribution in [0.1, 0.15) is 27.9 Å². The van der Waals surface area contributed by atoms with Gasteiger partial charge in [0, 0.05) is 44.0 Å². The molecule has 3 aromatic rings. The summed E-state index contributed by atoms with van der Waals surface area (Å²) in [5.41, 5.74) is 6.01. The maximum Gasteiger partial charge on any atom is 0.255 e. The first kappa shape index (κ1) is 18.4. The van der Waals surface area contributed by atoms with Crippen molar-refractivity contribution in [1.82, 2.24) is 19.9 Å². The van der Waals surface area contributed by atoms with E-state index in [2.05, 4.69) is 40.8 Å². The van der Waals surface area contributed by atoms with Crippen LogP contribution in [-0.2, 0) is 19.5 Å². The zero-order chi connectivity index (χ0) is 19.7. The zero-order valence-corrected chi connectivity index (χ0v) is 16.5. The van der Waals surface area contributed by atoms with E-state index in [9.17, 15) is 4.79 Å². The molecule has 0 saturated carbocycles. The van der Waals surface area contributed by atoms with E-state index in [4.69, 9.17) is 9.72 Å². The number of H-pyrrole nitrogens is 1. The minimum atomic E-state index is -0.0591. The molecule has 1 aromatic carbocycles. The molecule has 0 aliphatic carbocycles.